The number of hydrogen-bond donors (Lipinski definition) is 1. The van der Waals surface area contributed by atoms with Crippen LogP contribution in [0.25, 0.3) is 5.65 Å². The molecule has 0 aliphatic rings. The van der Waals surface area contributed by atoms with Crippen molar-refractivity contribution in [3.05, 3.63) is 18.6 Å². The molecule has 2 heterocycles. The smallest absolute Gasteiger partial charge is 0.193 e. The Balaban J connectivity index is 2.28. The Morgan fingerprint density at radius 2 is 2.42 bits per heavy atom. The van der Waals surface area contributed by atoms with Gasteiger partial charge in [0.25, 0.3) is 0 Å². The number of rotatable bonds is 3. The topological polar surface area (TPSA) is 64.6 Å². The lowest BCUT2D eigenvalue weighted by atomic mass is 10.7. The van der Waals surface area contributed by atoms with Crippen molar-refractivity contribution in [3.8, 4) is 0 Å². The second-order valence-corrected chi connectivity index (χ2v) is 2.19. The molecule has 0 unspecified atom stereocenters. The van der Waals surface area contributed by atoms with E-state index in [0.717, 1.165) is 5.65 Å². The summed E-state index contributed by atoms with van der Waals surface area (Å²) in [6, 6.07) is 1.77. The quantitative estimate of drug-likeness (QED) is 0.635. The van der Waals surface area contributed by atoms with Gasteiger partial charge in [0.2, 0.25) is 0 Å². The maximum absolute atomic E-state index is 8.51. The number of hydrogen-bond acceptors (Lipinski definition) is 4. The molecule has 2 rings (SSSR count). The summed E-state index contributed by atoms with van der Waals surface area (Å²) in [5.74, 6) is 0. The lowest BCUT2D eigenvalue weighted by molar-refractivity contribution is 0.0818. The van der Waals surface area contributed by atoms with E-state index in [-0.39, 0.29) is 13.2 Å². The Hall–Kier alpha value is -1.56. The molecule has 0 radical (unpaired) electrons. The maximum atomic E-state index is 8.51. The van der Waals surface area contributed by atoms with Crippen LogP contribution in [-0.4, -0.2) is 37.9 Å². The second kappa shape index (κ2) is 2.82. The Kier molecular flexibility index (Phi) is 1.67. The summed E-state index contributed by atoms with van der Waals surface area (Å²) in [4.78, 5) is 5.11. The fourth-order valence-corrected chi connectivity index (χ4v) is 0.933. The van der Waals surface area contributed by atoms with Gasteiger partial charge in [-0.15, -0.1) is 9.73 Å². The zero-order valence-electron chi connectivity index (χ0n) is 6.29. The molecule has 6 nitrogen and oxygen atoms in total. The van der Waals surface area contributed by atoms with Crippen LogP contribution < -0.4 is 4.84 Å². The van der Waals surface area contributed by atoms with E-state index >= 15 is 0 Å². The summed E-state index contributed by atoms with van der Waals surface area (Å²) in [6.07, 6.45) is 3.12. The first-order valence-electron chi connectivity index (χ1n) is 3.53. The van der Waals surface area contributed by atoms with Gasteiger partial charge in [-0.1, -0.05) is 0 Å². The molecular formula is C6H8N4O2. The SMILES string of the molecule is OCCOn1cnn2nccc12. The highest BCUT2D eigenvalue weighted by molar-refractivity contribution is 5.34. The number of aliphatic hydroxyl groups excluding tert-OH is 1. The minimum Gasteiger partial charge on any atom is -0.408 e. The molecule has 0 fully saturated rings. The monoisotopic (exact) mass is 168 g/mol. The predicted octanol–water partition coefficient (Wildman–Crippen LogP) is -1.05. The Bertz CT molecular complexity index is 366. The van der Waals surface area contributed by atoms with E-state index < -0.39 is 0 Å². The molecule has 0 atom stereocenters. The number of nitrogens with zero attached hydrogens (tertiary/aromatic N) is 4. The third-order valence-corrected chi connectivity index (χ3v) is 1.42. The minimum atomic E-state index is -0.0154. The summed E-state index contributed by atoms with van der Waals surface area (Å²) >= 11 is 0. The Morgan fingerprint density at radius 3 is 3.25 bits per heavy atom. The molecule has 12 heavy (non-hydrogen) atoms. The highest BCUT2D eigenvalue weighted by Gasteiger charge is 2.01. The Morgan fingerprint density at radius 1 is 1.50 bits per heavy atom. The van der Waals surface area contributed by atoms with E-state index in [9.17, 15) is 0 Å². The standard InChI is InChI=1S/C6H8N4O2/c11-3-4-12-9-5-8-10-6(9)1-2-7-10/h1-2,5,11H,3-4H2. The molecule has 0 bridgehead atoms. The summed E-state index contributed by atoms with van der Waals surface area (Å²) in [5.41, 5.74) is 0.739. The second-order valence-electron chi connectivity index (χ2n) is 2.19. The van der Waals surface area contributed by atoms with Crippen LogP contribution in [0, 0.1) is 0 Å². The summed E-state index contributed by atoms with van der Waals surface area (Å²) in [5, 5.41) is 16.3. The van der Waals surface area contributed by atoms with Gasteiger partial charge < -0.3 is 9.94 Å². The minimum absolute atomic E-state index is 0.0154. The van der Waals surface area contributed by atoms with Crippen LogP contribution in [-0.2, 0) is 0 Å². The molecule has 0 aromatic carbocycles. The van der Waals surface area contributed by atoms with Crippen LogP contribution in [0.1, 0.15) is 0 Å². The van der Waals surface area contributed by atoms with E-state index in [2.05, 4.69) is 10.2 Å². The molecule has 64 valence electrons. The largest absolute Gasteiger partial charge is 0.408 e. The van der Waals surface area contributed by atoms with Crippen molar-refractivity contribution in [1.29, 1.82) is 0 Å². The van der Waals surface area contributed by atoms with E-state index in [1.54, 1.807) is 12.3 Å². The average molecular weight is 168 g/mol. The first kappa shape index (κ1) is 7.11. The zero-order valence-corrected chi connectivity index (χ0v) is 6.29. The van der Waals surface area contributed by atoms with Crippen molar-refractivity contribution in [2.24, 2.45) is 0 Å². The van der Waals surface area contributed by atoms with Gasteiger partial charge in [0, 0.05) is 6.07 Å². The van der Waals surface area contributed by atoms with E-state index in [4.69, 9.17) is 9.94 Å². The molecule has 6 heteroatoms. The van der Waals surface area contributed by atoms with Crippen LogP contribution in [0.4, 0.5) is 0 Å². The van der Waals surface area contributed by atoms with Crippen molar-refractivity contribution in [2.75, 3.05) is 13.2 Å². The van der Waals surface area contributed by atoms with Gasteiger partial charge in [-0.2, -0.15) is 9.83 Å². The number of aromatic nitrogens is 4. The lowest BCUT2D eigenvalue weighted by Gasteiger charge is -2.01. The highest BCUT2D eigenvalue weighted by atomic mass is 16.7. The maximum Gasteiger partial charge on any atom is 0.193 e. The van der Waals surface area contributed by atoms with Crippen LogP contribution in [0.3, 0.4) is 0 Å². The third-order valence-electron chi connectivity index (χ3n) is 1.42. The molecule has 0 spiro atoms. The normalized spacial score (nSPS) is 10.8. The van der Waals surface area contributed by atoms with E-state index in [1.165, 1.54) is 15.7 Å². The average Bonchev–Trinajstić information content (AvgIpc) is 2.62. The summed E-state index contributed by atoms with van der Waals surface area (Å²) in [6.45, 7) is 0.232. The van der Waals surface area contributed by atoms with Crippen LogP contribution in [0.2, 0.25) is 0 Å². The summed E-state index contributed by atoms with van der Waals surface area (Å²) in [7, 11) is 0. The van der Waals surface area contributed by atoms with Gasteiger partial charge in [-0.3, -0.25) is 0 Å². The molecule has 1 N–H and O–H groups in total. The van der Waals surface area contributed by atoms with Gasteiger partial charge >= 0.3 is 0 Å². The highest BCUT2D eigenvalue weighted by Crippen LogP contribution is 1.97. The molecule has 0 amide bonds. The fourth-order valence-electron chi connectivity index (χ4n) is 0.933. The molecule has 0 aliphatic carbocycles. The van der Waals surface area contributed by atoms with Crippen LogP contribution >= 0.6 is 0 Å². The van der Waals surface area contributed by atoms with Crippen molar-refractivity contribution in [1.82, 2.24) is 19.6 Å². The Labute approximate surface area is 67.9 Å². The van der Waals surface area contributed by atoms with Gasteiger partial charge in [-0.05, 0) is 0 Å². The van der Waals surface area contributed by atoms with Gasteiger partial charge in [0.15, 0.2) is 12.0 Å². The van der Waals surface area contributed by atoms with Crippen LogP contribution in [0.5, 0.6) is 0 Å². The van der Waals surface area contributed by atoms with Gasteiger partial charge in [-0.25, -0.2) is 0 Å². The van der Waals surface area contributed by atoms with Crippen molar-refractivity contribution >= 4 is 5.65 Å². The zero-order chi connectivity index (χ0) is 8.39. The van der Waals surface area contributed by atoms with Crippen molar-refractivity contribution < 1.29 is 9.94 Å². The van der Waals surface area contributed by atoms with Crippen LogP contribution in [0.15, 0.2) is 18.6 Å². The molecule has 0 saturated carbocycles. The molecular weight excluding hydrogens is 160 g/mol. The molecule has 2 aromatic heterocycles. The first-order valence-corrected chi connectivity index (χ1v) is 3.53. The molecule has 0 saturated heterocycles. The third kappa shape index (κ3) is 1.02. The van der Waals surface area contributed by atoms with Crippen molar-refractivity contribution in [2.45, 2.75) is 0 Å². The van der Waals surface area contributed by atoms with Crippen molar-refractivity contribution in [3.63, 3.8) is 0 Å². The molecule has 2 aromatic rings. The van der Waals surface area contributed by atoms with E-state index in [0.29, 0.717) is 0 Å². The number of aliphatic hydroxyl groups is 1. The van der Waals surface area contributed by atoms with Gasteiger partial charge in [0.05, 0.1) is 12.8 Å². The van der Waals surface area contributed by atoms with Gasteiger partial charge in [0.1, 0.15) is 6.61 Å². The summed E-state index contributed by atoms with van der Waals surface area (Å²) < 4.78 is 2.90. The first-order chi connectivity index (χ1) is 5.92. The lowest BCUT2D eigenvalue weighted by Crippen LogP contribution is -2.14. The fraction of sp³-hybridized carbons (Fsp3) is 0.333. The predicted molar refractivity (Wildman–Crippen MR) is 39.5 cm³/mol. The number of fused-ring (bicyclic) bond motifs is 1. The molecule has 0 aliphatic heterocycles. The van der Waals surface area contributed by atoms with E-state index in [1.807, 2.05) is 0 Å².